The summed E-state index contributed by atoms with van der Waals surface area (Å²) in [5.74, 6) is 0.290. The minimum Gasteiger partial charge on any atom is -0.341 e. The molecule has 0 aromatic rings. The lowest BCUT2D eigenvalue weighted by molar-refractivity contribution is -0.132. The minimum atomic E-state index is -0.0160. The zero-order valence-electron chi connectivity index (χ0n) is 11.0. The van der Waals surface area contributed by atoms with Crippen molar-refractivity contribution in [2.75, 3.05) is 25.9 Å². The molecule has 2 rings (SSSR count). The summed E-state index contributed by atoms with van der Waals surface area (Å²) in [6.07, 6.45) is 8.47. The van der Waals surface area contributed by atoms with Crippen LogP contribution in [0.3, 0.4) is 0 Å². The predicted molar refractivity (Wildman–Crippen MR) is 73.4 cm³/mol. The molecule has 1 aliphatic heterocycles. The van der Waals surface area contributed by atoms with Crippen LogP contribution < -0.4 is 5.32 Å². The van der Waals surface area contributed by atoms with Crippen LogP contribution in [0.5, 0.6) is 0 Å². The molecule has 1 heterocycles. The van der Waals surface area contributed by atoms with E-state index in [9.17, 15) is 4.79 Å². The normalized spacial score (nSPS) is 24.5. The number of likely N-dealkylation sites (tertiary alicyclic amines) is 1. The summed E-state index contributed by atoms with van der Waals surface area (Å²) >= 11 is 1.96. The van der Waals surface area contributed by atoms with Gasteiger partial charge in [0.05, 0.1) is 6.04 Å². The monoisotopic (exact) mass is 256 g/mol. The number of hydrogen-bond acceptors (Lipinski definition) is 3. The van der Waals surface area contributed by atoms with Crippen LogP contribution in [0.4, 0.5) is 0 Å². The van der Waals surface area contributed by atoms with Crippen LogP contribution >= 0.6 is 11.8 Å². The third kappa shape index (κ3) is 2.97. The number of thioether (sulfide) groups is 1. The van der Waals surface area contributed by atoms with Gasteiger partial charge in [0.1, 0.15) is 0 Å². The molecule has 0 spiro atoms. The van der Waals surface area contributed by atoms with Crippen molar-refractivity contribution >= 4 is 17.7 Å². The number of rotatable bonds is 5. The van der Waals surface area contributed by atoms with Crippen molar-refractivity contribution in [2.24, 2.45) is 0 Å². The number of hydrogen-bond donors (Lipinski definition) is 1. The Labute approximate surface area is 109 Å². The number of amides is 1. The summed E-state index contributed by atoms with van der Waals surface area (Å²) in [6, 6.07) is -0.0160. The molecule has 1 atom stereocenters. The van der Waals surface area contributed by atoms with E-state index in [4.69, 9.17) is 0 Å². The van der Waals surface area contributed by atoms with Gasteiger partial charge in [0.15, 0.2) is 0 Å². The summed E-state index contributed by atoms with van der Waals surface area (Å²) in [5.41, 5.74) is 0. The fourth-order valence-corrected chi connectivity index (χ4v) is 3.59. The Morgan fingerprint density at radius 3 is 2.47 bits per heavy atom. The molecule has 4 heteroatoms. The van der Waals surface area contributed by atoms with E-state index >= 15 is 0 Å². The number of carbonyl (C=O) groups excluding carboxylic acids is 1. The highest BCUT2D eigenvalue weighted by Gasteiger charge is 2.36. The molecule has 2 fully saturated rings. The molecule has 2 aliphatic rings. The number of carbonyl (C=O) groups is 1. The minimum absolute atomic E-state index is 0.0160. The van der Waals surface area contributed by atoms with Crippen LogP contribution in [0.2, 0.25) is 0 Å². The zero-order chi connectivity index (χ0) is 12.3. The molecule has 98 valence electrons. The van der Waals surface area contributed by atoms with Crippen molar-refractivity contribution in [2.45, 2.75) is 49.8 Å². The molecule has 3 nitrogen and oxygen atoms in total. The Kier molecular flexibility index (Phi) is 4.36. The van der Waals surface area contributed by atoms with Crippen molar-refractivity contribution in [1.29, 1.82) is 0 Å². The first-order valence-electron chi connectivity index (χ1n) is 6.74. The Morgan fingerprint density at radius 2 is 2.00 bits per heavy atom. The van der Waals surface area contributed by atoms with Crippen LogP contribution in [0.25, 0.3) is 0 Å². The third-order valence-electron chi connectivity index (χ3n) is 4.22. The van der Waals surface area contributed by atoms with E-state index in [1.54, 1.807) is 0 Å². The first kappa shape index (κ1) is 13.2. The summed E-state index contributed by atoms with van der Waals surface area (Å²) in [7, 11) is 0. The van der Waals surface area contributed by atoms with Gasteiger partial charge in [-0.1, -0.05) is 6.42 Å². The van der Waals surface area contributed by atoms with Crippen LogP contribution in [0, 0.1) is 0 Å². The van der Waals surface area contributed by atoms with E-state index in [-0.39, 0.29) is 11.9 Å². The van der Waals surface area contributed by atoms with Crippen LogP contribution in [0.1, 0.15) is 39.0 Å². The third-order valence-corrected chi connectivity index (χ3v) is 5.63. The molecule has 0 radical (unpaired) electrons. The molecule has 0 bridgehead atoms. The molecule has 0 aromatic carbocycles. The van der Waals surface area contributed by atoms with E-state index in [0.717, 1.165) is 19.6 Å². The van der Waals surface area contributed by atoms with Gasteiger partial charge in [-0.3, -0.25) is 4.79 Å². The molecule has 1 saturated heterocycles. The first-order valence-corrected chi connectivity index (χ1v) is 7.97. The highest BCUT2D eigenvalue weighted by Crippen LogP contribution is 2.42. The van der Waals surface area contributed by atoms with Gasteiger partial charge in [-0.2, -0.15) is 11.8 Å². The van der Waals surface area contributed by atoms with E-state index < -0.39 is 0 Å². The molecule has 1 saturated carbocycles. The van der Waals surface area contributed by atoms with Crippen molar-refractivity contribution in [3.8, 4) is 0 Å². The van der Waals surface area contributed by atoms with Crippen molar-refractivity contribution in [3.63, 3.8) is 0 Å². The maximum absolute atomic E-state index is 12.1. The molecule has 1 unspecified atom stereocenters. The summed E-state index contributed by atoms with van der Waals surface area (Å²) < 4.78 is 0.416. The van der Waals surface area contributed by atoms with Gasteiger partial charge in [0.2, 0.25) is 5.91 Å². The molecule has 1 aliphatic carbocycles. The largest absolute Gasteiger partial charge is 0.341 e. The van der Waals surface area contributed by atoms with Gasteiger partial charge in [0.25, 0.3) is 0 Å². The second-order valence-corrected chi connectivity index (χ2v) is 6.65. The maximum Gasteiger partial charge on any atom is 0.239 e. The van der Waals surface area contributed by atoms with Crippen LogP contribution in [0.15, 0.2) is 0 Å². The Morgan fingerprint density at radius 1 is 1.35 bits per heavy atom. The first-order chi connectivity index (χ1) is 8.17. The molecular weight excluding hydrogens is 232 g/mol. The quantitative estimate of drug-likeness (QED) is 0.815. The van der Waals surface area contributed by atoms with Gasteiger partial charge in [0, 0.05) is 24.4 Å². The second-order valence-electron chi connectivity index (χ2n) is 5.38. The number of nitrogens with zero attached hydrogens (tertiary/aromatic N) is 1. The van der Waals surface area contributed by atoms with Gasteiger partial charge in [-0.15, -0.1) is 0 Å². The molecule has 1 amide bonds. The fraction of sp³-hybridized carbons (Fsp3) is 0.923. The summed E-state index contributed by atoms with van der Waals surface area (Å²) in [6.45, 7) is 4.90. The molecular formula is C13H24N2OS. The van der Waals surface area contributed by atoms with Crippen molar-refractivity contribution in [3.05, 3.63) is 0 Å². The average molecular weight is 256 g/mol. The Balaban J connectivity index is 1.76. The fourth-order valence-electron chi connectivity index (χ4n) is 2.66. The number of nitrogens with one attached hydrogen (secondary N) is 1. The Hall–Kier alpha value is -0.220. The second kappa shape index (κ2) is 5.61. The lowest BCUT2D eigenvalue weighted by Crippen LogP contribution is -2.50. The maximum atomic E-state index is 12.1. The highest BCUT2D eigenvalue weighted by molar-refractivity contribution is 8.00. The van der Waals surface area contributed by atoms with E-state index in [1.165, 1.54) is 32.1 Å². The molecule has 1 N–H and O–H groups in total. The van der Waals surface area contributed by atoms with Crippen molar-refractivity contribution < 1.29 is 4.79 Å². The molecule has 17 heavy (non-hydrogen) atoms. The van der Waals surface area contributed by atoms with Gasteiger partial charge >= 0.3 is 0 Å². The smallest absolute Gasteiger partial charge is 0.239 e. The van der Waals surface area contributed by atoms with E-state index in [1.807, 2.05) is 23.6 Å². The van der Waals surface area contributed by atoms with Gasteiger partial charge in [-0.05, 0) is 38.9 Å². The van der Waals surface area contributed by atoms with Gasteiger partial charge < -0.3 is 10.2 Å². The Bertz CT molecular complexity index is 267. The summed E-state index contributed by atoms with van der Waals surface area (Å²) in [4.78, 5) is 14.1. The van der Waals surface area contributed by atoms with Gasteiger partial charge in [-0.25, -0.2) is 0 Å². The zero-order valence-corrected chi connectivity index (χ0v) is 11.8. The summed E-state index contributed by atoms with van der Waals surface area (Å²) in [5, 5.41) is 3.44. The van der Waals surface area contributed by atoms with E-state index in [0.29, 0.717) is 4.75 Å². The van der Waals surface area contributed by atoms with E-state index in [2.05, 4.69) is 11.6 Å². The SMILES string of the molecule is CSC1(CNC(C)C(=O)N2CCCC2)CCC1. The van der Waals surface area contributed by atoms with Crippen LogP contribution in [-0.4, -0.2) is 47.5 Å². The molecule has 0 aromatic heterocycles. The topological polar surface area (TPSA) is 32.3 Å². The lowest BCUT2D eigenvalue weighted by Gasteiger charge is -2.41. The lowest BCUT2D eigenvalue weighted by atomic mass is 9.84. The van der Waals surface area contributed by atoms with Crippen molar-refractivity contribution in [1.82, 2.24) is 10.2 Å². The standard InChI is InChI=1S/C13H24N2OS/c1-11(12(16)15-8-3-4-9-15)14-10-13(17-2)6-5-7-13/h11,14H,3-10H2,1-2H3. The van der Waals surface area contributed by atoms with Crippen LogP contribution in [-0.2, 0) is 4.79 Å². The predicted octanol–water partition coefficient (Wildman–Crippen LogP) is 1.87. The highest BCUT2D eigenvalue weighted by atomic mass is 32.2. The average Bonchev–Trinajstić information content (AvgIpc) is 2.80.